The van der Waals surface area contributed by atoms with Crippen LogP contribution in [0.15, 0.2) is 109 Å². The van der Waals surface area contributed by atoms with Gasteiger partial charge in [-0.25, -0.2) is 0 Å². The summed E-state index contributed by atoms with van der Waals surface area (Å²) in [6.07, 6.45) is 0.880. The molecule has 0 saturated heterocycles. The summed E-state index contributed by atoms with van der Waals surface area (Å²) in [4.78, 5) is 0. The van der Waals surface area contributed by atoms with Gasteiger partial charge in [0.2, 0.25) is 0 Å². The Morgan fingerprint density at radius 1 is 0.567 bits per heavy atom. The molecule has 3 heteroatoms. The van der Waals surface area contributed by atoms with Crippen molar-refractivity contribution < 1.29 is 9.47 Å². The van der Waals surface area contributed by atoms with Crippen LogP contribution in [-0.2, 0) is 6.16 Å². The van der Waals surface area contributed by atoms with Crippen molar-refractivity contribution in [2.45, 2.75) is 6.16 Å². The van der Waals surface area contributed by atoms with Gasteiger partial charge in [-0.2, -0.15) is 0 Å². The van der Waals surface area contributed by atoms with Crippen molar-refractivity contribution in [2.75, 3.05) is 14.2 Å². The Labute approximate surface area is 179 Å². The summed E-state index contributed by atoms with van der Waals surface area (Å²) in [6.45, 7) is 0. The normalized spacial score (nSPS) is 11.7. The van der Waals surface area contributed by atoms with E-state index in [1.807, 2.05) is 12.1 Å². The molecule has 0 radical (unpaired) electrons. The summed E-state index contributed by atoms with van der Waals surface area (Å²) in [5.74, 6) is 1.75. The molecule has 30 heavy (non-hydrogen) atoms. The number of ether oxygens (including phenoxy) is 2. The fraction of sp³-hybridized carbons (Fsp3) is 0.111. The van der Waals surface area contributed by atoms with E-state index in [0.29, 0.717) is 0 Å². The Balaban J connectivity index is 2.01. The molecule has 2 nitrogen and oxygen atoms in total. The third kappa shape index (κ3) is 3.84. The van der Waals surface area contributed by atoms with Crippen molar-refractivity contribution in [3.63, 3.8) is 0 Å². The van der Waals surface area contributed by atoms with Crippen molar-refractivity contribution >= 4 is 23.2 Å². The fourth-order valence-electron chi connectivity index (χ4n) is 4.28. The first-order valence-electron chi connectivity index (χ1n) is 10.2. The topological polar surface area (TPSA) is 18.5 Å². The van der Waals surface area contributed by atoms with Crippen LogP contribution in [0.3, 0.4) is 0 Å². The maximum absolute atomic E-state index is 5.77. The Morgan fingerprint density at radius 2 is 1.03 bits per heavy atom. The zero-order valence-electron chi connectivity index (χ0n) is 17.4. The van der Waals surface area contributed by atoms with Gasteiger partial charge < -0.3 is 0 Å². The van der Waals surface area contributed by atoms with Gasteiger partial charge in [-0.3, -0.25) is 0 Å². The average Bonchev–Trinajstić information content (AvgIpc) is 2.84. The molecule has 4 rings (SSSR count). The van der Waals surface area contributed by atoms with E-state index in [2.05, 4.69) is 97.1 Å². The van der Waals surface area contributed by atoms with Gasteiger partial charge in [0.1, 0.15) is 0 Å². The van der Waals surface area contributed by atoms with Gasteiger partial charge in [0.25, 0.3) is 0 Å². The minimum absolute atomic E-state index is 0.850. The summed E-state index contributed by atoms with van der Waals surface area (Å²) < 4.78 is 11.3. The molecular formula is C27H27O2P. The summed E-state index contributed by atoms with van der Waals surface area (Å²) in [5.41, 5.74) is 1.17. The van der Waals surface area contributed by atoms with E-state index in [1.54, 1.807) is 14.2 Å². The Hall–Kier alpha value is -3.09. The van der Waals surface area contributed by atoms with Crippen LogP contribution in [-0.4, -0.2) is 14.2 Å². The van der Waals surface area contributed by atoms with Crippen LogP contribution in [0.1, 0.15) is 5.56 Å². The summed E-state index contributed by atoms with van der Waals surface area (Å²) in [7, 11) is 1.06. The molecule has 0 aromatic heterocycles. The molecule has 4 aromatic rings. The quantitative estimate of drug-likeness (QED) is 0.399. The molecule has 0 atom stereocenters. The Bertz CT molecular complexity index is 983. The molecule has 0 bridgehead atoms. The third-order valence-electron chi connectivity index (χ3n) is 5.74. The Morgan fingerprint density at radius 3 is 1.43 bits per heavy atom. The molecular weight excluding hydrogens is 387 g/mol. The van der Waals surface area contributed by atoms with Crippen molar-refractivity contribution in [3.8, 4) is 11.5 Å². The van der Waals surface area contributed by atoms with Crippen LogP contribution in [0.5, 0.6) is 11.5 Å². The Kier molecular flexibility index (Phi) is 6.16. The molecule has 0 amide bonds. The van der Waals surface area contributed by atoms with Crippen LogP contribution in [0.2, 0.25) is 0 Å². The molecule has 0 saturated carbocycles. The molecule has 0 heterocycles. The summed E-state index contributed by atoms with van der Waals surface area (Å²) >= 11 is 0. The predicted molar refractivity (Wildman–Crippen MR) is 130 cm³/mol. The minimum atomic E-state index is -2.38. The van der Waals surface area contributed by atoms with E-state index >= 15 is 0 Å². The van der Waals surface area contributed by atoms with Gasteiger partial charge in [-0.15, -0.1) is 0 Å². The molecule has 152 valence electrons. The van der Waals surface area contributed by atoms with Gasteiger partial charge in [0, 0.05) is 0 Å². The first-order chi connectivity index (χ1) is 14.8. The second-order valence-corrected chi connectivity index (χ2v) is 11.3. The molecule has 0 spiro atoms. The number of methoxy groups -OCH3 is 2. The molecule has 0 aliphatic carbocycles. The standard InChI is InChI=1S/C27H27O2P/c1-28-23-18-19-27(29-2)22(20-23)21-30(24-12-6-3-7-13-24,25-14-8-4-9-15-25)26-16-10-5-11-17-26/h3-20,30H,21H2,1-2H3. The zero-order valence-corrected chi connectivity index (χ0v) is 18.4. The molecule has 4 aromatic carbocycles. The summed E-state index contributed by atoms with van der Waals surface area (Å²) in [6, 6.07) is 38.9. The van der Waals surface area contributed by atoms with Crippen molar-refractivity contribution in [3.05, 3.63) is 115 Å². The zero-order chi connectivity index (χ0) is 20.8. The fourth-order valence-corrected chi connectivity index (χ4v) is 9.02. The number of hydrogen-bond donors (Lipinski definition) is 0. The van der Waals surface area contributed by atoms with Crippen molar-refractivity contribution in [2.24, 2.45) is 0 Å². The molecule has 0 aliphatic heterocycles. The molecule has 0 fully saturated rings. The van der Waals surface area contributed by atoms with Crippen LogP contribution in [0.25, 0.3) is 0 Å². The van der Waals surface area contributed by atoms with Gasteiger partial charge in [0.05, 0.1) is 0 Å². The molecule has 0 aliphatic rings. The van der Waals surface area contributed by atoms with E-state index in [0.717, 1.165) is 17.7 Å². The third-order valence-corrected chi connectivity index (χ3v) is 10.6. The molecule has 0 N–H and O–H groups in total. The van der Waals surface area contributed by atoms with Gasteiger partial charge in [-0.05, 0) is 0 Å². The van der Waals surface area contributed by atoms with Crippen LogP contribution < -0.4 is 25.4 Å². The van der Waals surface area contributed by atoms with E-state index in [-0.39, 0.29) is 0 Å². The predicted octanol–water partition coefficient (Wildman–Crippen LogP) is 4.93. The van der Waals surface area contributed by atoms with Gasteiger partial charge in [-0.1, -0.05) is 0 Å². The van der Waals surface area contributed by atoms with Gasteiger partial charge >= 0.3 is 179 Å². The van der Waals surface area contributed by atoms with Gasteiger partial charge in [0.15, 0.2) is 0 Å². The number of benzene rings is 4. The first kappa shape index (κ1) is 20.2. The number of rotatable bonds is 7. The van der Waals surface area contributed by atoms with E-state index in [4.69, 9.17) is 9.47 Å². The average molecular weight is 414 g/mol. The SMILES string of the molecule is COc1ccc(OC)c(C[PH](c2ccccc2)(c2ccccc2)c2ccccc2)c1. The summed E-state index contributed by atoms with van der Waals surface area (Å²) in [5, 5.41) is 4.15. The number of hydrogen-bond acceptors (Lipinski definition) is 2. The van der Waals surface area contributed by atoms with E-state index in [9.17, 15) is 0 Å². The first-order valence-corrected chi connectivity index (χ1v) is 12.4. The van der Waals surface area contributed by atoms with E-state index in [1.165, 1.54) is 21.5 Å². The van der Waals surface area contributed by atoms with Crippen LogP contribution in [0, 0.1) is 0 Å². The van der Waals surface area contributed by atoms with Crippen molar-refractivity contribution in [1.29, 1.82) is 0 Å². The molecule has 0 unspecified atom stereocenters. The van der Waals surface area contributed by atoms with Crippen molar-refractivity contribution in [1.82, 2.24) is 0 Å². The van der Waals surface area contributed by atoms with Crippen LogP contribution >= 0.6 is 7.26 Å². The second kappa shape index (κ2) is 9.15. The maximum atomic E-state index is 5.77. The second-order valence-electron chi connectivity index (χ2n) is 7.36. The monoisotopic (exact) mass is 414 g/mol. The van der Waals surface area contributed by atoms with E-state index < -0.39 is 7.26 Å². The van der Waals surface area contributed by atoms with Crippen LogP contribution in [0.4, 0.5) is 0 Å².